The van der Waals surface area contributed by atoms with Crippen molar-refractivity contribution in [2.45, 2.75) is 13.0 Å². The van der Waals surface area contributed by atoms with Crippen molar-refractivity contribution in [2.24, 2.45) is 5.10 Å². The summed E-state index contributed by atoms with van der Waals surface area (Å²) in [5.41, 5.74) is 7.40. The number of benzene rings is 3. The highest BCUT2D eigenvalue weighted by Gasteiger charge is 2.23. The first-order valence-electron chi connectivity index (χ1n) is 12.8. The summed E-state index contributed by atoms with van der Waals surface area (Å²) in [6.07, 6.45) is 2.63. The van der Waals surface area contributed by atoms with Crippen molar-refractivity contribution < 1.29 is 0 Å². The molecule has 1 aromatic heterocycles. The van der Waals surface area contributed by atoms with Crippen molar-refractivity contribution in [2.75, 3.05) is 48.5 Å². The van der Waals surface area contributed by atoms with Gasteiger partial charge in [0.15, 0.2) is 0 Å². The van der Waals surface area contributed by atoms with Gasteiger partial charge in [0.25, 0.3) is 0 Å². The number of rotatable bonds is 6. The monoisotopic (exact) mass is 489 g/mol. The smallest absolute Gasteiger partial charge is 0.227 e. The van der Waals surface area contributed by atoms with Crippen molar-refractivity contribution in [1.82, 2.24) is 14.9 Å². The van der Waals surface area contributed by atoms with Crippen LogP contribution in [0, 0.1) is 0 Å². The van der Waals surface area contributed by atoms with Gasteiger partial charge in [0.2, 0.25) is 5.95 Å². The van der Waals surface area contributed by atoms with E-state index in [9.17, 15) is 0 Å². The van der Waals surface area contributed by atoms with Gasteiger partial charge in [0, 0.05) is 55.7 Å². The molecule has 1 saturated heterocycles. The number of aromatic nitrogens is 2. The SMILES string of the molecule is CN1CCN(c2ccc(Nc3ncc4c(n3)C(Cc3ccccc3)=NN(c3ccccc3)C4)cc2)CC1. The van der Waals surface area contributed by atoms with Crippen LogP contribution in [0.3, 0.4) is 0 Å². The summed E-state index contributed by atoms with van der Waals surface area (Å²) < 4.78 is 0. The van der Waals surface area contributed by atoms with E-state index in [1.807, 2.05) is 35.5 Å². The largest absolute Gasteiger partial charge is 0.369 e. The maximum absolute atomic E-state index is 5.03. The van der Waals surface area contributed by atoms with E-state index in [1.165, 1.54) is 11.3 Å². The number of nitrogens with zero attached hydrogens (tertiary/aromatic N) is 6. The van der Waals surface area contributed by atoms with Gasteiger partial charge in [-0.3, -0.25) is 5.01 Å². The van der Waals surface area contributed by atoms with Gasteiger partial charge < -0.3 is 15.1 Å². The molecule has 37 heavy (non-hydrogen) atoms. The molecule has 0 spiro atoms. The Kier molecular flexibility index (Phi) is 6.52. The lowest BCUT2D eigenvalue weighted by atomic mass is 10.0. The zero-order chi connectivity index (χ0) is 25.0. The predicted octanol–water partition coefficient (Wildman–Crippen LogP) is 4.94. The highest BCUT2D eigenvalue weighted by molar-refractivity contribution is 6.03. The molecule has 4 aromatic rings. The third-order valence-electron chi connectivity index (χ3n) is 6.96. The van der Waals surface area contributed by atoms with Crippen LogP contribution in [0.5, 0.6) is 0 Å². The number of hydrazone groups is 1. The van der Waals surface area contributed by atoms with Crippen molar-refractivity contribution in [3.05, 3.63) is 108 Å². The van der Waals surface area contributed by atoms with E-state index in [4.69, 9.17) is 10.1 Å². The third kappa shape index (κ3) is 5.32. The molecule has 0 atom stereocenters. The van der Waals surface area contributed by atoms with E-state index in [1.54, 1.807) is 0 Å². The molecular weight excluding hydrogens is 458 g/mol. The molecular formula is C30H31N7. The molecule has 2 aliphatic heterocycles. The average molecular weight is 490 g/mol. The van der Waals surface area contributed by atoms with Crippen molar-refractivity contribution in [3.63, 3.8) is 0 Å². The third-order valence-corrected chi connectivity index (χ3v) is 6.96. The molecule has 7 nitrogen and oxygen atoms in total. The minimum absolute atomic E-state index is 0.583. The second kappa shape index (κ2) is 10.4. The fourth-order valence-corrected chi connectivity index (χ4v) is 4.83. The number of piperazine rings is 1. The highest BCUT2D eigenvalue weighted by atomic mass is 15.5. The molecule has 3 heterocycles. The average Bonchev–Trinajstić information content (AvgIpc) is 2.95. The molecule has 2 aliphatic rings. The molecule has 0 saturated carbocycles. The lowest BCUT2D eigenvalue weighted by Gasteiger charge is -2.34. The number of hydrogen-bond donors (Lipinski definition) is 1. The van der Waals surface area contributed by atoms with Crippen LogP contribution in [0.2, 0.25) is 0 Å². The summed E-state index contributed by atoms with van der Waals surface area (Å²) in [5, 5.41) is 10.5. The Morgan fingerprint density at radius 2 is 1.49 bits per heavy atom. The van der Waals surface area contributed by atoms with Gasteiger partial charge in [0.05, 0.1) is 23.6 Å². The predicted molar refractivity (Wildman–Crippen MR) is 151 cm³/mol. The van der Waals surface area contributed by atoms with Crippen LogP contribution in [-0.2, 0) is 13.0 Å². The highest BCUT2D eigenvalue weighted by Crippen LogP contribution is 2.27. The number of anilines is 4. The van der Waals surface area contributed by atoms with Crippen molar-refractivity contribution in [1.29, 1.82) is 0 Å². The van der Waals surface area contributed by atoms with Gasteiger partial charge in [-0.25, -0.2) is 9.97 Å². The summed E-state index contributed by atoms with van der Waals surface area (Å²) in [6.45, 7) is 4.94. The Morgan fingerprint density at radius 1 is 0.784 bits per heavy atom. The maximum atomic E-state index is 5.03. The summed E-state index contributed by atoms with van der Waals surface area (Å²) in [6, 6.07) is 29.2. The lowest BCUT2D eigenvalue weighted by Crippen LogP contribution is -2.44. The van der Waals surface area contributed by atoms with Crippen LogP contribution in [0.1, 0.15) is 16.8 Å². The van der Waals surface area contributed by atoms with Crippen molar-refractivity contribution >= 4 is 28.7 Å². The van der Waals surface area contributed by atoms with Crippen LogP contribution in [0.25, 0.3) is 0 Å². The second-order valence-corrected chi connectivity index (χ2v) is 9.63. The standard InChI is InChI=1S/C30H31N7/c1-35-16-18-36(19-17-35)26-14-12-25(13-15-26)32-30-31-21-24-22-37(27-10-6-3-7-11-27)34-28(29(24)33-30)20-23-8-4-2-5-9-23/h2-15,21H,16-20,22H2,1H3,(H,31,32,33). The molecule has 3 aromatic carbocycles. The van der Waals surface area contributed by atoms with E-state index in [2.05, 4.69) is 87.8 Å². The summed E-state index contributed by atoms with van der Waals surface area (Å²) in [4.78, 5) is 14.4. The molecule has 186 valence electrons. The quantitative estimate of drug-likeness (QED) is 0.414. The van der Waals surface area contributed by atoms with Gasteiger partial charge in [-0.05, 0) is 49.0 Å². The van der Waals surface area contributed by atoms with E-state index in [0.29, 0.717) is 18.9 Å². The van der Waals surface area contributed by atoms with E-state index in [-0.39, 0.29) is 0 Å². The molecule has 1 N–H and O–H groups in total. The number of hydrogen-bond acceptors (Lipinski definition) is 7. The number of likely N-dealkylation sites (N-methyl/N-ethyl adjacent to an activating group) is 1. The molecule has 7 heteroatoms. The number of nitrogens with one attached hydrogen (secondary N) is 1. The van der Waals surface area contributed by atoms with Gasteiger partial charge in [0.1, 0.15) is 0 Å². The fourth-order valence-electron chi connectivity index (χ4n) is 4.83. The number of para-hydroxylation sites is 1. The zero-order valence-electron chi connectivity index (χ0n) is 21.1. The Bertz CT molecular complexity index is 1360. The molecule has 0 unspecified atom stereocenters. The van der Waals surface area contributed by atoms with E-state index >= 15 is 0 Å². The Morgan fingerprint density at radius 3 is 2.22 bits per heavy atom. The molecule has 0 radical (unpaired) electrons. The Balaban J connectivity index is 1.25. The summed E-state index contributed by atoms with van der Waals surface area (Å²) >= 11 is 0. The van der Waals surface area contributed by atoms with E-state index < -0.39 is 0 Å². The van der Waals surface area contributed by atoms with Crippen LogP contribution in [0.15, 0.2) is 96.2 Å². The second-order valence-electron chi connectivity index (χ2n) is 9.63. The van der Waals surface area contributed by atoms with Gasteiger partial charge in [-0.15, -0.1) is 0 Å². The summed E-state index contributed by atoms with van der Waals surface area (Å²) in [5.74, 6) is 0.583. The zero-order valence-corrected chi connectivity index (χ0v) is 21.1. The van der Waals surface area contributed by atoms with Gasteiger partial charge in [-0.1, -0.05) is 48.5 Å². The first kappa shape index (κ1) is 23.2. The first-order chi connectivity index (χ1) is 18.2. The minimum atomic E-state index is 0.583. The van der Waals surface area contributed by atoms with Crippen LogP contribution in [0.4, 0.5) is 23.0 Å². The molecule has 6 rings (SSSR count). The lowest BCUT2D eigenvalue weighted by molar-refractivity contribution is 0.313. The molecule has 1 fully saturated rings. The fraction of sp³-hybridized carbons (Fsp3) is 0.233. The van der Waals surface area contributed by atoms with Gasteiger partial charge in [-0.2, -0.15) is 5.10 Å². The minimum Gasteiger partial charge on any atom is -0.369 e. The Hall–Kier alpha value is -4.23. The topological polar surface area (TPSA) is 59.9 Å². The van der Waals surface area contributed by atoms with Crippen LogP contribution >= 0.6 is 0 Å². The van der Waals surface area contributed by atoms with Crippen LogP contribution < -0.4 is 15.2 Å². The van der Waals surface area contributed by atoms with Crippen LogP contribution in [-0.4, -0.2) is 53.8 Å². The molecule has 0 bridgehead atoms. The normalized spacial score (nSPS) is 15.8. The molecule has 0 aliphatic carbocycles. The number of fused-ring (bicyclic) bond motifs is 1. The van der Waals surface area contributed by atoms with Gasteiger partial charge >= 0.3 is 0 Å². The first-order valence-corrected chi connectivity index (χ1v) is 12.8. The van der Waals surface area contributed by atoms with Crippen molar-refractivity contribution in [3.8, 4) is 0 Å². The molecule has 0 amide bonds. The maximum Gasteiger partial charge on any atom is 0.227 e. The van der Waals surface area contributed by atoms with E-state index in [0.717, 1.165) is 54.5 Å². The Labute approximate surface area is 218 Å². The summed E-state index contributed by atoms with van der Waals surface area (Å²) in [7, 11) is 2.18.